The molecule has 0 bridgehead atoms. The van der Waals surface area contributed by atoms with Gasteiger partial charge >= 0.3 is 5.97 Å². The molecule has 0 aliphatic carbocycles. The average molecular weight is 170 g/mol. The number of methoxy groups -OCH3 is 1. The van der Waals surface area contributed by atoms with Crippen molar-refractivity contribution in [3.05, 3.63) is 35.9 Å². The molecule has 0 fully saturated rings. The fourth-order valence-electron chi connectivity index (χ4n) is 0.692. The Bertz CT molecular complexity index is 220. The molecule has 0 unspecified atom stereocenters. The van der Waals surface area contributed by atoms with E-state index in [0.717, 1.165) is 0 Å². The second kappa shape index (κ2) is 6.33. The third kappa shape index (κ3) is 3.14. The van der Waals surface area contributed by atoms with Crippen LogP contribution in [0.5, 0.6) is 0 Å². The van der Waals surface area contributed by atoms with Crippen LogP contribution in [0, 0.1) is 0 Å². The minimum atomic E-state index is -0.291. The highest BCUT2D eigenvalue weighted by Gasteiger charge is 2.00. The van der Waals surface area contributed by atoms with Crippen LogP contribution in [0.3, 0.4) is 0 Å². The van der Waals surface area contributed by atoms with E-state index in [9.17, 15) is 4.79 Å². The minimum Gasteiger partial charge on any atom is -0.465 e. The van der Waals surface area contributed by atoms with Crippen molar-refractivity contribution in [1.82, 2.24) is 0 Å². The Kier molecular flexibility index (Phi) is 5.60. The lowest BCUT2D eigenvalue weighted by Crippen LogP contribution is -1.99. The van der Waals surface area contributed by atoms with Gasteiger partial charge in [-0.3, -0.25) is 10.5 Å². The lowest BCUT2D eigenvalue weighted by molar-refractivity contribution is -0.176. The molecule has 0 spiro atoms. The second-order valence-electron chi connectivity index (χ2n) is 1.86. The Balaban J connectivity index is 0.000000561. The van der Waals surface area contributed by atoms with Crippen molar-refractivity contribution >= 4 is 5.97 Å². The molecule has 1 aromatic rings. The number of esters is 1. The molecule has 4 heteroatoms. The molecule has 1 rings (SSSR count). The van der Waals surface area contributed by atoms with Gasteiger partial charge < -0.3 is 4.74 Å². The normalized spacial score (nSPS) is 7.92. The van der Waals surface area contributed by atoms with E-state index >= 15 is 0 Å². The first-order valence-electron chi connectivity index (χ1n) is 3.18. The lowest BCUT2D eigenvalue weighted by Gasteiger charge is -1.95. The standard InChI is InChI=1S/C8H8O2.H2O2/c1-10-8(9)7-5-3-2-4-6-7;1-2/h2-6H,1H3;1-2H. The summed E-state index contributed by atoms with van der Waals surface area (Å²) in [6, 6.07) is 8.88. The highest BCUT2D eigenvalue weighted by Crippen LogP contribution is 1.98. The van der Waals surface area contributed by atoms with Gasteiger partial charge in [0.2, 0.25) is 0 Å². The van der Waals surface area contributed by atoms with Gasteiger partial charge in [0.05, 0.1) is 12.7 Å². The van der Waals surface area contributed by atoms with E-state index in [-0.39, 0.29) is 5.97 Å². The van der Waals surface area contributed by atoms with Crippen LogP contribution in [0.2, 0.25) is 0 Å². The van der Waals surface area contributed by atoms with Crippen LogP contribution in [-0.2, 0) is 4.74 Å². The third-order valence-electron chi connectivity index (χ3n) is 1.19. The minimum absolute atomic E-state index is 0.291. The SMILES string of the molecule is COC(=O)c1ccccc1.OO. The van der Waals surface area contributed by atoms with E-state index < -0.39 is 0 Å². The van der Waals surface area contributed by atoms with E-state index in [1.807, 2.05) is 6.07 Å². The van der Waals surface area contributed by atoms with Crippen LogP contribution in [0.25, 0.3) is 0 Å². The zero-order valence-corrected chi connectivity index (χ0v) is 6.60. The molecule has 1 aromatic carbocycles. The fraction of sp³-hybridized carbons (Fsp3) is 0.125. The molecule has 0 heterocycles. The lowest BCUT2D eigenvalue weighted by atomic mass is 10.2. The van der Waals surface area contributed by atoms with Gasteiger partial charge in [-0.25, -0.2) is 4.79 Å². The summed E-state index contributed by atoms with van der Waals surface area (Å²) in [4.78, 5) is 10.8. The molecule has 0 saturated heterocycles. The van der Waals surface area contributed by atoms with Gasteiger partial charge in [0, 0.05) is 0 Å². The van der Waals surface area contributed by atoms with Gasteiger partial charge in [0.25, 0.3) is 0 Å². The summed E-state index contributed by atoms with van der Waals surface area (Å²) in [6.07, 6.45) is 0. The van der Waals surface area contributed by atoms with E-state index in [1.54, 1.807) is 24.3 Å². The molecule has 2 N–H and O–H groups in total. The Morgan fingerprint density at radius 1 is 1.25 bits per heavy atom. The summed E-state index contributed by atoms with van der Waals surface area (Å²) in [6.45, 7) is 0. The molecule has 4 nitrogen and oxygen atoms in total. The maximum Gasteiger partial charge on any atom is 0.337 e. The van der Waals surface area contributed by atoms with Crippen LogP contribution in [0.15, 0.2) is 30.3 Å². The zero-order chi connectivity index (χ0) is 9.40. The van der Waals surface area contributed by atoms with E-state index in [2.05, 4.69) is 4.74 Å². The number of hydrogen-bond donors (Lipinski definition) is 2. The molecule has 0 atom stereocenters. The molecule has 0 aliphatic rings. The van der Waals surface area contributed by atoms with Crippen molar-refractivity contribution in [2.24, 2.45) is 0 Å². The quantitative estimate of drug-likeness (QED) is 0.380. The van der Waals surface area contributed by atoms with E-state index in [1.165, 1.54) is 7.11 Å². The summed E-state index contributed by atoms with van der Waals surface area (Å²) >= 11 is 0. The summed E-state index contributed by atoms with van der Waals surface area (Å²) in [5.74, 6) is -0.291. The summed E-state index contributed by atoms with van der Waals surface area (Å²) in [5.41, 5.74) is 0.588. The number of rotatable bonds is 1. The van der Waals surface area contributed by atoms with Crippen LogP contribution >= 0.6 is 0 Å². The van der Waals surface area contributed by atoms with Gasteiger partial charge in [-0.15, -0.1) is 0 Å². The molecule has 0 saturated carbocycles. The number of carbonyl (C=O) groups excluding carboxylic acids is 1. The van der Waals surface area contributed by atoms with Crippen molar-refractivity contribution < 1.29 is 20.0 Å². The first-order valence-corrected chi connectivity index (χ1v) is 3.18. The van der Waals surface area contributed by atoms with Crippen LogP contribution in [-0.4, -0.2) is 23.6 Å². The van der Waals surface area contributed by atoms with Gasteiger partial charge in [-0.05, 0) is 12.1 Å². The zero-order valence-electron chi connectivity index (χ0n) is 6.60. The Morgan fingerprint density at radius 2 is 1.75 bits per heavy atom. The topological polar surface area (TPSA) is 66.8 Å². The maximum absolute atomic E-state index is 10.8. The van der Waals surface area contributed by atoms with Gasteiger partial charge in [-0.2, -0.15) is 0 Å². The van der Waals surface area contributed by atoms with E-state index in [4.69, 9.17) is 10.5 Å². The van der Waals surface area contributed by atoms with E-state index in [0.29, 0.717) is 5.56 Å². The summed E-state index contributed by atoms with van der Waals surface area (Å²) < 4.78 is 4.50. The molecular formula is C8H10O4. The number of benzene rings is 1. The summed E-state index contributed by atoms with van der Waals surface area (Å²) in [7, 11) is 1.37. The first-order chi connectivity index (χ1) is 5.84. The predicted molar refractivity (Wildman–Crippen MR) is 43.0 cm³/mol. The molecule has 0 aliphatic heterocycles. The second-order valence-corrected chi connectivity index (χ2v) is 1.86. The monoisotopic (exact) mass is 170 g/mol. The first kappa shape index (κ1) is 10.6. The van der Waals surface area contributed by atoms with Gasteiger partial charge in [0.1, 0.15) is 0 Å². The molecule has 12 heavy (non-hydrogen) atoms. The van der Waals surface area contributed by atoms with Crippen molar-refractivity contribution in [2.45, 2.75) is 0 Å². The van der Waals surface area contributed by atoms with Crippen molar-refractivity contribution in [1.29, 1.82) is 0 Å². The predicted octanol–water partition coefficient (Wildman–Crippen LogP) is 1.49. The molecule has 66 valence electrons. The average Bonchev–Trinajstić information content (AvgIpc) is 2.21. The Labute approximate surface area is 70.0 Å². The molecule has 0 radical (unpaired) electrons. The van der Waals surface area contributed by atoms with Crippen molar-refractivity contribution in [3.63, 3.8) is 0 Å². The highest BCUT2D eigenvalue weighted by molar-refractivity contribution is 5.89. The van der Waals surface area contributed by atoms with Crippen LogP contribution in [0.1, 0.15) is 10.4 Å². The summed E-state index contributed by atoms with van der Waals surface area (Å²) in [5, 5.41) is 12.0. The Hall–Kier alpha value is -1.39. The van der Waals surface area contributed by atoms with Crippen LogP contribution in [0.4, 0.5) is 0 Å². The van der Waals surface area contributed by atoms with Crippen molar-refractivity contribution in [2.75, 3.05) is 7.11 Å². The largest absolute Gasteiger partial charge is 0.465 e. The molecule has 0 amide bonds. The third-order valence-corrected chi connectivity index (χ3v) is 1.19. The smallest absolute Gasteiger partial charge is 0.337 e. The van der Waals surface area contributed by atoms with Crippen LogP contribution < -0.4 is 0 Å². The fourth-order valence-corrected chi connectivity index (χ4v) is 0.692. The van der Waals surface area contributed by atoms with Crippen molar-refractivity contribution in [3.8, 4) is 0 Å². The number of hydrogen-bond acceptors (Lipinski definition) is 4. The van der Waals surface area contributed by atoms with Gasteiger partial charge in [0.15, 0.2) is 0 Å². The molecular weight excluding hydrogens is 160 g/mol. The highest BCUT2D eigenvalue weighted by atomic mass is 17.0. The van der Waals surface area contributed by atoms with Gasteiger partial charge in [-0.1, -0.05) is 18.2 Å². The number of carbonyl (C=O) groups is 1. The maximum atomic E-state index is 10.8. The molecule has 0 aromatic heterocycles. The number of ether oxygens (including phenoxy) is 1. The Morgan fingerprint density at radius 3 is 2.17 bits per heavy atom.